The zero-order valence-electron chi connectivity index (χ0n) is 17.2. The predicted molar refractivity (Wildman–Crippen MR) is 119 cm³/mol. The van der Waals surface area contributed by atoms with Gasteiger partial charge in [-0.1, -0.05) is 0 Å². The molecule has 0 radical (unpaired) electrons. The van der Waals surface area contributed by atoms with Gasteiger partial charge in [0.25, 0.3) is 5.91 Å². The Labute approximate surface area is 182 Å². The largest absolute Gasteiger partial charge is 0.352 e. The number of benzene rings is 1. The molecule has 0 saturated carbocycles. The zero-order valence-corrected chi connectivity index (χ0v) is 18.1. The number of thiophene rings is 1. The van der Waals surface area contributed by atoms with E-state index < -0.39 is 0 Å². The molecule has 0 unspecified atom stereocenters. The van der Waals surface area contributed by atoms with E-state index >= 15 is 0 Å². The van der Waals surface area contributed by atoms with Crippen molar-refractivity contribution in [2.45, 2.75) is 13.8 Å². The summed E-state index contributed by atoms with van der Waals surface area (Å²) in [6, 6.07) is 8.15. The number of carbonyl (C=O) groups excluding carboxylic acids is 1. The molecule has 9 heteroatoms. The molecule has 158 valence electrons. The van der Waals surface area contributed by atoms with Gasteiger partial charge in [0.05, 0.1) is 28.0 Å². The Morgan fingerprint density at radius 2 is 1.77 bits per heavy atom. The molecule has 1 amide bonds. The second-order valence-electron chi connectivity index (χ2n) is 7.55. The number of nitrogens with zero attached hydrogens (tertiary/aromatic N) is 6. The summed E-state index contributed by atoms with van der Waals surface area (Å²) < 4.78 is 15.0. The van der Waals surface area contributed by atoms with Crippen LogP contribution in [0.2, 0.25) is 0 Å². The van der Waals surface area contributed by atoms with Crippen molar-refractivity contribution in [2.24, 2.45) is 0 Å². The van der Waals surface area contributed by atoms with E-state index in [-0.39, 0.29) is 11.7 Å². The first-order valence-electron chi connectivity index (χ1n) is 10.1. The lowest BCUT2D eigenvalue weighted by molar-refractivity contribution is 0.0745. The van der Waals surface area contributed by atoms with Crippen molar-refractivity contribution in [3.63, 3.8) is 0 Å². The number of rotatable bonds is 3. The molecular formula is C22H21FN6OS. The quantitative estimate of drug-likeness (QED) is 0.491. The molecule has 4 heterocycles. The number of aryl methyl sites for hydroxylation is 1. The zero-order chi connectivity index (χ0) is 21.5. The fourth-order valence-electron chi connectivity index (χ4n) is 4.09. The molecule has 31 heavy (non-hydrogen) atoms. The van der Waals surface area contributed by atoms with Gasteiger partial charge < -0.3 is 9.80 Å². The fraction of sp³-hybridized carbons (Fsp3) is 0.273. The number of amides is 1. The van der Waals surface area contributed by atoms with Crippen molar-refractivity contribution in [3.8, 4) is 5.69 Å². The molecule has 1 saturated heterocycles. The lowest BCUT2D eigenvalue weighted by Gasteiger charge is -2.35. The maximum absolute atomic E-state index is 13.3. The average Bonchev–Trinajstić information content (AvgIpc) is 3.38. The van der Waals surface area contributed by atoms with E-state index in [1.807, 2.05) is 30.2 Å². The summed E-state index contributed by atoms with van der Waals surface area (Å²) >= 11 is 1.60. The SMILES string of the molecule is Cc1nn(-c2ccc(F)cc2)c(C)c1C(=O)N1CCN(c2ncnc3sccc23)CC1. The lowest BCUT2D eigenvalue weighted by Crippen LogP contribution is -2.49. The number of halogens is 1. The van der Waals surface area contributed by atoms with Crippen LogP contribution in [0.15, 0.2) is 42.0 Å². The van der Waals surface area contributed by atoms with Crippen LogP contribution >= 0.6 is 11.3 Å². The highest BCUT2D eigenvalue weighted by molar-refractivity contribution is 7.16. The van der Waals surface area contributed by atoms with Gasteiger partial charge in [-0.2, -0.15) is 5.10 Å². The van der Waals surface area contributed by atoms with E-state index in [1.165, 1.54) is 12.1 Å². The van der Waals surface area contributed by atoms with Crippen molar-refractivity contribution in [1.29, 1.82) is 0 Å². The van der Waals surface area contributed by atoms with Gasteiger partial charge in [-0.05, 0) is 49.6 Å². The third-order valence-electron chi connectivity index (χ3n) is 5.68. The normalized spacial score (nSPS) is 14.4. The van der Waals surface area contributed by atoms with Gasteiger partial charge in [-0.15, -0.1) is 11.3 Å². The Kier molecular flexibility index (Phi) is 4.90. The standard InChI is InChI=1S/C22H21FN6OS/c1-14-19(15(2)29(26-14)17-5-3-16(23)4-6-17)22(30)28-10-8-27(9-11-28)20-18-7-12-31-21(18)25-13-24-20/h3-7,12-13H,8-11H2,1-2H3. The molecule has 1 fully saturated rings. The maximum atomic E-state index is 13.3. The van der Waals surface area contributed by atoms with Gasteiger partial charge in [0.15, 0.2) is 0 Å². The first-order chi connectivity index (χ1) is 15.0. The highest BCUT2D eigenvalue weighted by atomic mass is 32.1. The molecule has 3 aromatic heterocycles. The van der Waals surface area contributed by atoms with Crippen LogP contribution in [0.5, 0.6) is 0 Å². The minimum absolute atomic E-state index is 0.0219. The van der Waals surface area contributed by atoms with Crippen molar-refractivity contribution < 1.29 is 9.18 Å². The van der Waals surface area contributed by atoms with E-state index in [9.17, 15) is 9.18 Å². The van der Waals surface area contributed by atoms with E-state index in [4.69, 9.17) is 0 Å². The first kappa shape index (κ1) is 19.6. The van der Waals surface area contributed by atoms with Gasteiger partial charge in [0.2, 0.25) is 0 Å². The summed E-state index contributed by atoms with van der Waals surface area (Å²) in [5, 5.41) is 7.61. The van der Waals surface area contributed by atoms with Crippen LogP contribution in [0.1, 0.15) is 21.7 Å². The highest BCUT2D eigenvalue weighted by Crippen LogP contribution is 2.28. The van der Waals surface area contributed by atoms with Crippen LogP contribution in [0.25, 0.3) is 15.9 Å². The molecule has 4 aromatic rings. The number of hydrogen-bond donors (Lipinski definition) is 0. The molecule has 1 aromatic carbocycles. The van der Waals surface area contributed by atoms with Crippen molar-refractivity contribution in [3.05, 3.63) is 64.8 Å². The van der Waals surface area contributed by atoms with Gasteiger partial charge in [0, 0.05) is 26.2 Å². The van der Waals surface area contributed by atoms with Crippen LogP contribution in [0, 0.1) is 19.7 Å². The minimum atomic E-state index is -0.303. The summed E-state index contributed by atoms with van der Waals surface area (Å²) in [5.41, 5.74) is 2.77. The topological polar surface area (TPSA) is 67.2 Å². The van der Waals surface area contributed by atoms with Gasteiger partial charge in [-0.25, -0.2) is 19.0 Å². The van der Waals surface area contributed by atoms with E-state index in [2.05, 4.69) is 20.0 Å². The van der Waals surface area contributed by atoms with Crippen molar-refractivity contribution in [2.75, 3.05) is 31.1 Å². The van der Waals surface area contributed by atoms with Crippen LogP contribution in [0.3, 0.4) is 0 Å². The lowest BCUT2D eigenvalue weighted by atomic mass is 10.1. The molecule has 0 spiro atoms. The summed E-state index contributed by atoms with van der Waals surface area (Å²) in [6.45, 7) is 6.34. The summed E-state index contributed by atoms with van der Waals surface area (Å²) in [6.07, 6.45) is 1.60. The molecule has 7 nitrogen and oxygen atoms in total. The number of piperazine rings is 1. The van der Waals surface area contributed by atoms with Crippen LogP contribution in [-0.4, -0.2) is 56.7 Å². The van der Waals surface area contributed by atoms with Gasteiger partial charge >= 0.3 is 0 Å². The second-order valence-corrected chi connectivity index (χ2v) is 8.44. The summed E-state index contributed by atoms with van der Waals surface area (Å²) in [7, 11) is 0. The van der Waals surface area contributed by atoms with E-state index in [0.717, 1.165) is 27.4 Å². The Hall–Kier alpha value is -3.33. The Morgan fingerprint density at radius 1 is 1.03 bits per heavy atom. The first-order valence-corrected chi connectivity index (χ1v) is 11.0. The highest BCUT2D eigenvalue weighted by Gasteiger charge is 2.28. The average molecular weight is 437 g/mol. The van der Waals surface area contributed by atoms with E-state index in [0.29, 0.717) is 37.4 Å². The molecule has 0 N–H and O–H groups in total. The maximum Gasteiger partial charge on any atom is 0.257 e. The number of carbonyl (C=O) groups is 1. The predicted octanol–water partition coefficient (Wildman–Crippen LogP) is 3.60. The van der Waals surface area contributed by atoms with Crippen molar-refractivity contribution >= 4 is 33.3 Å². The second kappa shape index (κ2) is 7.73. The van der Waals surface area contributed by atoms with E-state index in [1.54, 1.807) is 34.5 Å². The fourth-order valence-corrected chi connectivity index (χ4v) is 4.82. The number of hydrogen-bond acceptors (Lipinski definition) is 6. The Morgan fingerprint density at radius 3 is 2.52 bits per heavy atom. The molecule has 1 aliphatic heterocycles. The molecular weight excluding hydrogens is 415 g/mol. The van der Waals surface area contributed by atoms with Crippen LogP contribution in [-0.2, 0) is 0 Å². The van der Waals surface area contributed by atoms with Gasteiger partial charge in [0.1, 0.15) is 22.8 Å². The smallest absolute Gasteiger partial charge is 0.257 e. The third-order valence-corrected chi connectivity index (χ3v) is 6.50. The van der Waals surface area contributed by atoms with Crippen molar-refractivity contribution in [1.82, 2.24) is 24.6 Å². The molecule has 0 aliphatic carbocycles. The minimum Gasteiger partial charge on any atom is -0.352 e. The van der Waals surface area contributed by atoms with Gasteiger partial charge in [-0.3, -0.25) is 4.79 Å². The van der Waals surface area contributed by atoms with Crippen LogP contribution < -0.4 is 4.90 Å². The number of fused-ring (bicyclic) bond motifs is 1. The summed E-state index contributed by atoms with van der Waals surface area (Å²) in [4.78, 5) is 27.2. The number of aromatic nitrogens is 4. The number of anilines is 1. The Bertz CT molecular complexity index is 1260. The molecule has 0 atom stereocenters. The monoisotopic (exact) mass is 436 g/mol. The summed E-state index contributed by atoms with van der Waals surface area (Å²) in [5.74, 6) is 0.601. The Balaban J connectivity index is 1.35. The molecule has 1 aliphatic rings. The molecule has 0 bridgehead atoms. The molecule has 5 rings (SSSR count). The van der Waals surface area contributed by atoms with Crippen LogP contribution in [0.4, 0.5) is 10.2 Å². The third kappa shape index (κ3) is 3.44.